The van der Waals surface area contributed by atoms with E-state index >= 15 is 0 Å². The molecule has 0 atom stereocenters. The number of carbonyl (C=O) groups excluding carboxylic acids is 1. The van der Waals surface area contributed by atoms with Gasteiger partial charge in [0.1, 0.15) is 0 Å². The molecule has 118 valence electrons. The summed E-state index contributed by atoms with van der Waals surface area (Å²) in [7, 11) is 1.50. The Balaban J connectivity index is 0.00000116. The molecule has 1 aliphatic heterocycles. The van der Waals surface area contributed by atoms with Crippen LogP contribution in [0.15, 0.2) is 41.5 Å². The second kappa shape index (κ2) is 9.68. The van der Waals surface area contributed by atoms with Crippen molar-refractivity contribution in [3.8, 4) is 0 Å². The van der Waals surface area contributed by atoms with Crippen molar-refractivity contribution in [2.24, 2.45) is 10.7 Å². The van der Waals surface area contributed by atoms with E-state index in [4.69, 9.17) is 0 Å². The maximum absolute atomic E-state index is 11.4. The fourth-order valence-electron chi connectivity index (χ4n) is 2.57. The Hall–Kier alpha value is -2.20. The van der Waals surface area contributed by atoms with Crippen molar-refractivity contribution in [3.63, 3.8) is 0 Å². The van der Waals surface area contributed by atoms with Gasteiger partial charge in [0.15, 0.2) is 6.29 Å². The first kappa shape index (κ1) is 17.9. The van der Waals surface area contributed by atoms with Gasteiger partial charge in [-0.15, -0.1) is 0 Å². The lowest BCUT2D eigenvalue weighted by molar-refractivity contribution is 0.112. The van der Waals surface area contributed by atoms with Gasteiger partial charge in [-0.05, 0) is 62.9 Å². The van der Waals surface area contributed by atoms with Gasteiger partial charge in [-0.2, -0.15) is 0 Å². The molecule has 0 aromatic heterocycles. The number of aldehydes is 1. The first-order chi connectivity index (χ1) is 10.8. The number of carbonyl (C=O) groups is 1. The van der Waals surface area contributed by atoms with E-state index in [1.165, 1.54) is 19.9 Å². The summed E-state index contributed by atoms with van der Waals surface area (Å²) in [5.41, 5.74) is 8.36. The molecule has 0 bridgehead atoms. The molecule has 0 saturated carbocycles. The fourth-order valence-corrected chi connectivity index (χ4v) is 2.57. The predicted octanol–water partition coefficient (Wildman–Crippen LogP) is 3.29. The number of hydrogen-bond donors (Lipinski definition) is 1. The zero-order chi connectivity index (χ0) is 16.4. The summed E-state index contributed by atoms with van der Waals surface area (Å²) < 4.78 is 0. The van der Waals surface area contributed by atoms with Crippen molar-refractivity contribution >= 4 is 24.3 Å². The number of rotatable bonds is 5. The summed E-state index contributed by atoms with van der Waals surface area (Å²) in [5.74, 6) is 0. The third-order valence-electron chi connectivity index (χ3n) is 3.61. The van der Waals surface area contributed by atoms with E-state index in [-0.39, 0.29) is 0 Å². The maximum Gasteiger partial charge on any atom is 0.152 e. The lowest BCUT2D eigenvalue weighted by Crippen LogP contribution is -2.19. The minimum atomic E-state index is 0.753. The van der Waals surface area contributed by atoms with Gasteiger partial charge in [-0.3, -0.25) is 9.79 Å². The van der Waals surface area contributed by atoms with Gasteiger partial charge in [0.25, 0.3) is 0 Å². The van der Waals surface area contributed by atoms with Crippen LogP contribution in [0.4, 0.5) is 5.69 Å². The van der Waals surface area contributed by atoms with Crippen molar-refractivity contribution in [3.05, 3.63) is 47.7 Å². The zero-order valence-corrected chi connectivity index (χ0v) is 13.5. The second-order valence-corrected chi connectivity index (χ2v) is 4.83. The molecule has 4 heteroatoms. The van der Waals surface area contributed by atoms with E-state index in [0.717, 1.165) is 41.8 Å². The van der Waals surface area contributed by atoms with E-state index < -0.39 is 0 Å². The smallest absolute Gasteiger partial charge is 0.152 e. The van der Waals surface area contributed by atoms with Crippen molar-refractivity contribution in [2.45, 2.75) is 19.8 Å². The van der Waals surface area contributed by atoms with Crippen molar-refractivity contribution in [1.82, 2.24) is 0 Å². The fraction of sp³-hybridized carbons (Fsp3) is 0.333. The molecule has 4 nitrogen and oxygen atoms in total. The predicted molar refractivity (Wildman–Crippen MR) is 95.7 cm³/mol. The maximum atomic E-state index is 11.4. The third kappa shape index (κ3) is 4.40. The lowest BCUT2D eigenvalue weighted by Gasteiger charge is -2.20. The van der Waals surface area contributed by atoms with Crippen LogP contribution in [0.2, 0.25) is 0 Å². The number of nitrogens with two attached hydrogens (primary N) is 1. The van der Waals surface area contributed by atoms with Crippen LogP contribution in [0.1, 0.15) is 35.7 Å². The minimum Gasteiger partial charge on any atom is -0.371 e. The van der Waals surface area contributed by atoms with E-state index in [0.29, 0.717) is 0 Å². The van der Waals surface area contributed by atoms with Crippen LogP contribution in [0.25, 0.3) is 5.57 Å². The van der Waals surface area contributed by atoms with Crippen LogP contribution in [-0.4, -0.2) is 33.1 Å². The summed E-state index contributed by atoms with van der Waals surface area (Å²) in [5, 5.41) is 0. The molecule has 0 spiro atoms. The van der Waals surface area contributed by atoms with Crippen molar-refractivity contribution in [1.29, 1.82) is 0 Å². The van der Waals surface area contributed by atoms with Gasteiger partial charge in [0.05, 0.1) is 0 Å². The van der Waals surface area contributed by atoms with Crippen LogP contribution in [-0.2, 0) is 0 Å². The molecule has 2 N–H and O–H groups in total. The first-order valence-corrected chi connectivity index (χ1v) is 7.51. The zero-order valence-electron chi connectivity index (χ0n) is 13.5. The Morgan fingerprint density at radius 1 is 1.32 bits per heavy atom. The van der Waals surface area contributed by atoms with Gasteiger partial charge in [0, 0.05) is 30.5 Å². The highest BCUT2D eigenvalue weighted by Gasteiger charge is 2.16. The Labute approximate surface area is 133 Å². The topological polar surface area (TPSA) is 58.7 Å². The largest absolute Gasteiger partial charge is 0.371 e. The molecule has 0 radical (unpaired) electrons. The Morgan fingerprint density at radius 3 is 2.55 bits per heavy atom. The summed E-state index contributed by atoms with van der Waals surface area (Å²) >= 11 is 0. The molecule has 0 amide bonds. The summed E-state index contributed by atoms with van der Waals surface area (Å²) in [6.07, 6.45) is 8.90. The number of benzene rings is 1. The highest BCUT2D eigenvalue weighted by Crippen LogP contribution is 2.27. The molecule has 1 saturated heterocycles. The molecule has 1 aromatic carbocycles. The van der Waals surface area contributed by atoms with Crippen LogP contribution in [0, 0.1) is 0 Å². The Bertz CT molecular complexity index is 555. The van der Waals surface area contributed by atoms with Crippen molar-refractivity contribution in [2.75, 3.05) is 25.0 Å². The van der Waals surface area contributed by atoms with E-state index in [1.54, 1.807) is 6.20 Å². The molecular weight excluding hydrogens is 274 g/mol. The number of nitrogens with zero attached hydrogens (tertiary/aromatic N) is 2. The summed E-state index contributed by atoms with van der Waals surface area (Å²) in [6.45, 7) is 7.48. The van der Waals surface area contributed by atoms with Gasteiger partial charge in [-0.25, -0.2) is 0 Å². The Morgan fingerprint density at radius 2 is 2.00 bits per heavy atom. The molecule has 1 aliphatic rings. The molecule has 2 rings (SSSR count). The number of hydrogen-bond acceptors (Lipinski definition) is 4. The highest BCUT2D eigenvalue weighted by atomic mass is 16.1. The van der Waals surface area contributed by atoms with E-state index in [9.17, 15) is 4.79 Å². The van der Waals surface area contributed by atoms with E-state index in [1.807, 2.05) is 31.2 Å². The molecule has 0 unspecified atom stereocenters. The lowest BCUT2D eigenvalue weighted by atomic mass is 10.0. The van der Waals surface area contributed by atoms with Crippen molar-refractivity contribution < 1.29 is 4.79 Å². The van der Waals surface area contributed by atoms with Crippen LogP contribution in [0.3, 0.4) is 0 Å². The van der Waals surface area contributed by atoms with Gasteiger partial charge in [-0.1, -0.05) is 12.1 Å². The van der Waals surface area contributed by atoms with Gasteiger partial charge in [0.2, 0.25) is 0 Å². The molecule has 1 heterocycles. The monoisotopic (exact) mass is 299 g/mol. The normalized spacial score (nSPS) is 14.7. The summed E-state index contributed by atoms with van der Waals surface area (Å²) in [4.78, 5) is 17.4. The standard InChI is InChI=1S/C17H20N2O.CH5N/c1-3-14(8-9-18-2)15-6-7-17(16(12-15)13-20)19-10-4-5-11-19;1-2/h3,6-9,12-13H,2,4-5,10-11H2,1H3;2H2,1H3/b9-8-,14-3+;. The Kier molecular flexibility index (Phi) is 7.86. The average Bonchev–Trinajstić information content (AvgIpc) is 3.11. The van der Waals surface area contributed by atoms with Crippen LogP contribution >= 0.6 is 0 Å². The van der Waals surface area contributed by atoms with Crippen LogP contribution in [0.5, 0.6) is 0 Å². The second-order valence-electron chi connectivity index (χ2n) is 4.83. The first-order valence-electron chi connectivity index (χ1n) is 7.51. The SMILES string of the molecule is C=N/C=C\C(=C/C)c1ccc(N2CCCC2)c(C=O)c1.CN. The number of anilines is 1. The van der Waals surface area contributed by atoms with E-state index in [2.05, 4.69) is 28.4 Å². The molecule has 0 aliphatic carbocycles. The number of aliphatic imine (C=N–C) groups is 1. The molecule has 1 fully saturated rings. The van der Waals surface area contributed by atoms with Crippen LogP contribution < -0.4 is 10.6 Å². The van der Waals surface area contributed by atoms with Gasteiger partial charge < -0.3 is 10.6 Å². The minimum absolute atomic E-state index is 0.753. The average molecular weight is 299 g/mol. The van der Waals surface area contributed by atoms with Gasteiger partial charge >= 0.3 is 0 Å². The molecule has 22 heavy (non-hydrogen) atoms. The third-order valence-corrected chi connectivity index (χ3v) is 3.61. The summed E-state index contributed by atoms with van der Waals surface area (Å²) in [6, 6.07) is 6.05. The highest BCUT2D eigenvalue weighted by molar-refractivity contribution is 5.88. The quantitative estimate of drug-likeness (QED) is 0.515. The number of allylic oxidation sites excluding steroid dienone is 3. The molecular formula is C18H25N3O. The molecule has 1 aromatic rings.